The predicted molar refractivity (Wildman–Crippen MR) is 85.9 cm³/mol. The van der Waals surface area contributed by atoms with Gasteiger partial charge in [0.2, 0.25) is 5.88 Å². The first kappa shape index (κ1) is 17.0. The van der Waals surface area contributed by atoms with Gasteiger partial charge in [0, 0.05) is 19.7 Å². The molecule has 0 saturated heterocycles. The van der Waals surface area contributed by atoms with E-state index in [-0.39, 0.29) is 23.8 Å². The molecule has 0 unspecified atom stereocenters. The molecule has 0 aliphatic carbocycles. The first-order valence-electron chi connectivity index (χ1n) is 6.91. The second-order valence-corrected chi connectivity index (χ2v) is 6.71. The van der Waals surface area contributed by atoms with E-state index in [0.29, 0.717) is 5.56 Å². The maximum Gasteiger partial charge on any atom is 0.341 e. The minimum Gasteiger partial charge on any atom is -0.462 e. The van der Waals surface area contributed by atoms with E-state index in [1.54, 1.807) is 37.3 Å². The monoisotopic (exact) mass is 338 g/mol. The van der Waals surface area contributed by atoms with E-state index in [4.69, 9.17) is 9.47 Å². The third kappa shape index (κ3) is 3.91. The van der Waals surface area contributed by atoms with Crippen LogP contribution < -0.4 is 9.46 Å². The number of allylic oxidation sites excluding steroid dienone is 2. The lowest BCUT2D eigenvalue weighted by atomic mass is 10.1. The number of nitrogens with zero attached hydrogens (tertiary/aromatic N) is 1. The minimum absolute atomic E-state index is 0.00884. The van der Waals surface area contributed by atoms with Gasteiger partial charge in [-0.05, 0) is 19.1 Å². The standard InChI is InChI=1S/C15H18N2O5S/c1-4-21-15(18)12-9-5-7-11-8-6-10-13(22-14(11)12)16-23(19,20)17(2)3/h5-10,16H,4H2,1-3H3. The fourth-order valence-corrected chi connectivity index (χ4v) is 2.37. The van der Waals surface area contributed by atoms with Gasteiger partial charge in [-0.2, -0.15) is 12.7 Å². The number of benzene rings is 1. The first-order valence-corrected chi connectivity index (χ1v) is 8.35. The second kappa shape index (κ2) is 6.84. The lowest BCUT2D eigenvalue weighted by Crippen LogP contribution is -2.36. The van der Waals surface area contributed by atoms with Gasteiger partial charge in [-0.3, -0.25) is 0 Å². The minimum atomic E-state index is -3.72. The van der Waals surface area contributed by atoms with E-state index < -0.39 is 16.2 Å². The Balaban J connectivity index is 2.37. The Bertz CT molecular complexity index is 766. The Labute approximate surface area is 135 Å². The van der Waals surface area contributed by atoms with E-state index in [9.17, 15) is 13.2 Å². The summed E-state index contributed by atoms with van der Waals surface area (Å²) >= 11 is 0. The quantitative estimate of drug-likeness (QED) is 0.823. The highest BCUT2D eigenvalue weighted by atomic mass is 32.2. The Kier molecular flexibility index (Phi) is 5.07. The summed E-state index contributed by atoms with van der Waals surface area (Å²) in [5.74, 6) is -0.299. The van der Waals surface area contributed by atoms with Gasteiger partial charge in [0.25, 0.3) is 0 Å². The van der Waals surface area contributed by atoms with Gasteiger partial charge in [-0.15, -0.1) is 0 Å². The number of fused-ring (bicyclic) bond motifs is 1. The van der Waals surface area contributed by atoms with Crippen LogP contribution in [0, 0.1) is 0 Å². The van der Waals surface area contributed by atoms with Crippen molar-refractivity contribution in [1.29, 1.82) is 0 Å². The zero-order valence-electron chi connectivity index (χ0n) is 13.1. The van der Waals surface area contributed by atoms with Crippen molar-refractivity contribution in [1.82, 2.24) is 9.03 Å². The third-order valence-electron chi connectivity index (χ3n) is 2.99. The summed E-state index contributed by atoms with van der Waals surface area (Å²) in [6, 6.07) is 5.02. The summed E-state index contributed by atoms with van der Waals surface area (Å²) in [6.45, 7) is 1.94. The summed E-state index contributed by atoms with van der Waals surface area (Å²) in [4.78, 5) is 12.0. The van der Waals surface area contributed by atoms with Crippen LogP contribution in [0.4, 0.5) is 0 Å². The molecule has 1 N–H and O–H groups in total. The molecule has 1 heterocycles. The summed E-state index contributed by atoms with van der Waals surface area (Å²) < 4.78 is 37.8. The Morgan fingerprint density at radius 3 is 2.74 bits per heavy atom. The molecule has 8 heteroatoms. The Morgan fingerprint density at radius 2 is 2.09 bits per heavy atom. The molecular formula is C15H18N2O5S. The lowest BCUT2D eigenvalue weighted by Gasteiger charge is -2.17. The topological polar surface area (TPSA) is 84.9 Å². The molecular weight excluding hydrogens is 320 g/mol. The fourth-order valence-electron chi connectivity index (χ4n) is 1.83. The van der Waals surface area contributed by atoms with Crippen LogP contribution in [-0.4, -0.2) is 39.4 Å². The molecule has 124 valence electrons. The number of carbonyl (C=O) groups excluding carboxylic acids is 1. The van der Waals surface area contributed by atoms with Gasteiger partial charge >= 0.3 is 16.2 Å². The molecule has 2 rings (SSSR count). The van der Waals surface area contributed by atoms with Gasteiger partial charge in [-0.25, -0.2) is 9.52 Å². The number of carbonyl (C=O) groups is 1. The highest BCUT2D eigenvalue weighted by Gasteiger charge is 2.22. The number of para-hydroxylation sites is 1. The number of hydrogen-bond donors (Lipinski definition) is 1. The number of esters is 1. The number of ether oxygens (including phenoxy) is 2. The summed E-state index contributed by atoms with van der Waals surface area (Å²) in [5, 5.41) is 0. The molecule has 1 aliphatic rings. The maximum absolute atomic E-state index is 12.0. The zero-order valence-corrected chi connectivity index (χ0v) is 13.9. The first-order chi connectivity index (χ1) is 10.8. The van der Waals surface area contributed by atoms with E-state index >= 15 is 0 Å². The molecule has 1 aromatic rings. The van der Waals surface area contributed by atoms with Crippen LogP contribution in [0.1, 0.15) is 22.8 Å². The fraction of sp³-hybridized carbons (Fsp3) is 0.267. The van der Waals surface area contributed by atoms with Crippen LogP contribution in [0.2, 0.25) is 0 Å². The molecule has 0 spiro atoms. The number of nitrogens with one attached hydrogen (secondary N) is 1. The van der Waals surface area contributed by atoms with Crippen LogP contribution >= 0.6 is 0 Å². The van der Waals surface area contributed by atoms with Crippen LogP contribution in [-0.2, 0) is 14.9 Å². The van der Waals surface area contributed by atoms with Crippen molar-refractivity contribution in [3.63, 3.8) is 0 Å². The second-order valence-electron chi connectivity index (χ2n) is 4.83. The van der Waals surface area contributed by atoms with Crippen molar-refractivity contribution in [2.45, 2.75) is 6.92 Å². The van der Waals surface area contributed by atoms with Crippen LogP contribution in [0.5, 0.6) is 5.75 Å². The van der Waals surface area contributed by atoms with Crippen molar-refractivity contribution in [2.24, 2.45) is 0 Å². The van der Waals surface area contributed by atoms with E-state index in [1.165, 1.54) is 20.2 Å². The van der Waals surface area contributed by atoms with Gasteiger partial charge in [0.15, 0.2) is 5.75 Å². The summed E-state index contributed by atoms with van der Waals surface area (Å²) in [6.07, 6.45) is 4.82. The van der Waals surface area contributed by atoms with Gasteiger partial charge in [-0.1, -0.05) is 24.3 Å². The highest BCUT2D eigenvalue weighted by Crippen LogP contribution is 2.29. The average molecular weight is 338 g/mol. The van der Waals surface area contributed by atoms with Gasteiger partial charge in [0.1, 0.15) is 5.56 Å². The number of rotatable bonds is 5. The smallest absolute Gasteiger partial charge is 0.341 e. The normalized spacial score (nSPS) is 13.7. The molecule has 0 atom stereocenters. The Morgan fingerprint density at radius 1 is 1.35 bits per heavy atom. The highest BCUT2D eigenvalue weighted by molar-refractivity contribution is 7.87. The molecule has 1 aromatic carbocycles. The molecule has 1 aliphatic heterocycles. The summed E-state index contributed by atoms with van der Waals surface area (Å²) in [7, 11) is -0.927. The molecule has 7 nitrogen and oxygen atoms in total. The van der Waals surface area contributed by atoms with Crippen molar-refractivity contribution >= 4 is 22.3 Å². The van der Waals surface area contributed by atoms with Gasteiger partial charge in [0.05, 0.1) is 6.61 Å². The molecule has 23 heavy (non-hydrogen) atoms. The largest absolute Gasteiger partial charge is 0.462 e. The van der Waals surface area contributed by atoms with E-state index in [2.05, 4.69) is 4.72 Å². The molecule has 0 amide bonds. The van der Waals surface area contributed by atoms with E-state index in [0.717, 1.165) is 4.31 Å². The number of hydrogen-bond acceptors (Lipinski definition) is 5. The molecule has 0 fully saturated rings. The third-order valence-corrected chi connectivity index (χ3v) is 4.41. The lowest BCUT2D eigenvalue weighted by molar-refractivity contribution is 0.0523. The van der Waals surface area contributed by atoms with Crippen LogP contribution in [0.25, 0.3) is 6.08 Å². The van der Waals surface area contributed by atoms with Crippen molar-refractivity contribution < 1.29 is 22.7 Å². The van der Waals surface area contributed by atoms with Crippen molar-refractivity contribution in [3.05, 3.63) is 47.4 Å². The summed E-state index contributed by atoms with van der Waals surface area (Å²) in [5.41, 5.74) is 0.872. The van der Waals surface area contributed by atoms with Crippen LogP contribution in [0.3, 0.4) is 0 Å². The molecule has 0 bridgehead atoms. The average Bonchev–Trinajstić information content (AvgIpc) is 2.68. The zero-order chi connectivity index (χ0) is 17.0. The Hall–Kier alpha value is -2.32. The maximum atomic E-state index is 12.0. The van der Waals surface area contributed by atoms with E-state index in [1.807, 2.05) is 0 Å². The SMILES string of the molecule is CCOC(=O)c1cccc2c1OC(NS(=O)(=O)N(C)C)=CC=C2. The molecule has 0 aromatic heterocycles. The molecule has 0 saturated carbocycles. The van der Waals surface area contributed by atoms with Gasteiger partial charge < -0.3 is 9.47 Å². The predicted octanol–water partition coefficient (Wildman–Crippen LogP) is 1.51. The molecule has 0 radical (unpaired) electrons. The van der Waals surface area contributed by atoms with Crippen LogP contribution in [0.15, 0.2) is 36.2 Å². The van der Waals surface area contributed by atoms with Crippen molar-refractivity contribution in [3.8, 4) is 5.75 Å². The van der Waals surface area contributed by atoms with Crippen molar-refractivity contribution in [2.75, 3.05) is 20.7 Å².